The maximum absolute atomic E-state index is 5.80. The molecule has 0 heterocycles. The number of rotatable bonds is 12. The minimum atomic E-state index is -0.0341. The molecule has 3 unspecified atom stereocenters. The van der Waals surface area contributed by atoms with Crippen LogP contribution in [0.4, 0.5) is 0 Å². The van der Waals surface area contributed by atoms with Crippen molar-refractivity contribution in [2.75, 3.05) is 26.9 Å². The predicted molar refractivity (Wildman–Crippen MR) is 108 cm³/mol. The summed E-state index contributed by atoms with van der Waals surface area (Å²) in [5.41, 5.74) is 4.40. The van der Waals surface area contributed by atoms with E-state index in [4.69, 9.17) is 18.9 Å². The molecule has 0 fully saturated rings. The van der Waals surface area contributed by atoms with Gasteiger partial charge in [-0.15, -0.1) is 0 Å². The van der Waals surface area contributed by atoms with Crippen molar-refractivity contribution in [3.63, 3.8) is 0 Å². The van der Waals surface area contributed by atoms with Crippen LogP contribution < -0.4 is 0 Å². The van der Waals surface area contributed by atoms with E-state index in [0.29, 0.717) is 19.8 Å². The second kappa shape index (κ2) is 11.9. The second-order valence-corrected chi connectivity index (χ2v) is 6.85. The molecule has 0 N–H and O–H groups in total. The fourth-order valence-corrected chi connectivity index (χ4v) is 2.29. The quantitative estimate of drug-likeness (QED) is 0.493. The highest BCUT2D eigenvalue weighted by Gasteiger charge is 2.09. The van der Waals surface area contributed by atoms with E-state index in [1.54, 1.807) is 13.4 Å². The van der Waals surface area contributed by atoms with Crippen LogP contribution in [-0.4, -0.2) is 45.2 Å². The minimum Gasteiger partial charge on any atom is -0.496 e. The molecule has 0 amide bonds. The molecule has 0 aliphatic carbocycles. The van der Waals surface area contributed by atoms with Gasteiger partial charge in [0.15, 0.2) is 0 Å². The highest BCUT2D eigenvalue weighted by molar-refractivity contribution is 5.69. The zero-order valence-corrected chi connectivity index (χ0v) is 17.1. The van der Waals surface area contributed by atoms with E-state index in [0.717, 1.165) is 22.3 Å². The molecule has 0 spiro atoms. The predicted octanol–water partition coefficient (Wildman–Crippen LogP) is 4.94. The van der Waals surface area contributed by atoms with Crippen LogP contribution in [0.3, 0.4) is 0 Å². The Hall–Kier alpha value is -1.62. The van der Waals surface area contributed by atoms with E-state index in [-0.39, 0.29) is 18.3 Å². The lowest BCUT2D eigenvalue weighted by Gasteiger charge is -2.19. The van der Waals surface area contributed by atoms with Crippen molar-refractivity contribution >= 4 is 11.1 Å². The summed E-state index contributed by atoms with van der Waals surface area (Å²) in [6.07, 6.45) is 1.85. The molecule has 0 bridgehead atoms. The summed E-state index contributed by atoms with van der Waals surface area (Å²) in [5, 5.41) is 0. The Morgan fingerprint density at radius 3 is 2.15 bits per heavy atom. The molecule has 4 nitrogen and oxygen atoms in total. The van der Waals surface area contributed by atoms with Crippen LogP contribution in [0.5, 0.6) is 0 Å². The van der Waals surface area contributed by atoms with E-state index in [2.05, 4.69) is 24.8 Å². The monoisotopic (exact) mass is 362 g/mol. The lowest BCUT2D eigenvalue weighted by atomic mass is 10.0. The van der Waals surface area contributed by atoms with Gasteiger partial charge in [-0.1, -0.05) is 30.4 Å². The molecule has 0 aromatic heterocycles. The Labute approximate surface area is 158 Å². The smallest absolute Gasteiger partial charge is 0.118 e. The highest BCUT2D eigenvalue weighted by Crippen LogP contribution is 2.19. The SMILES string of the molecule is C=C(C)c1cccc(/C(C)=C/OC(C)COC(C)COC(C)COC)c1. The average Bonchev–Trinajstić information content (AvgIpc) is 2.63. The molecule has 0 aliphatic heterocycles. The van der Waals surface area contributed by atoms with E-state index >= 15 is 0 Å². The fourth-order valence-electron chi connectivity index (χ4n) is 2.29. The summed E-state index contributed by atoms with van der Waals surface area (Å²) >= 11 is 0. The largest absolute Gasteiger partial charge is 0.496 e. The van der Waals surface area contributed by atoms with Crippen molar-refractivity contribution in [3.05, 3.63) is 48.2 Å². The summed E-state index contributed by atoms with van der Waals surface area (Å²) < 4.78 is 22.3. The van der Waals surface area contributed by atoms with Crippen molar-refractivity contribution in [3.8, 4) is 0 Å². The van der Waals surface area contributed by atoms with Gasteiger partial charge in [-0.2, -0.15) is 0 Å². The molecule has 0 aliphatic rings. The van der Waals surface area contributed by atoms with E-state index in [9.17, 15) is 0 Å². The first-order valence-electron chi connectivity index (χ1n) is 9.14. The van der Waals surface area contributed by atoms with Crippen molar-refractivity contribution < 1.29 is 18.9 Å². The van der Waals surface area contributed by atoms with Crippen LogP contribution in [0, 0.1) is 0 Å². The van der Waals surface area contributed by atoms with Crippen molar-refractivity contribution in [2.45, 2.75) is 52.9 Å². The average molecular weight is 363 g/mol. The Morgan fingerprint density at radius 2 is 1.54 bits per heavy atom. The molecule has 1 aromatic rings. The number of hydrogen-bond donors (Lipinski definition) is 0. The van der Waals surface area contributed by atoms with Crippen molar-refractivity contribution in [1.82, 2.24) is 0 Å². The number of ether oxygens (including phenoxy) is 4. The first-order chi connectivity index (χ1) is 12.3. The summed E-state index contributed by atoms with van der Waals surface area (Å²) in [6.45, 7) is 15.7. The van der Waals surface area contributed by atoms with E-state index < -0.39 is 0 Å². The molecule has 3 atom stereocenters. The number of allylic oxidation sites excluding steroid dienone is 2. The lowest BCUT2D eigenvalue weighted by molar-refractivity contribution is -0.0671. The lowest BCUT2D eigenvalue weighted by Crippen LogP contribution is -2.26. The van der Waals surface area contributed by atoms with Crippen molar-refractivity contribution in [1.29, 1.82) is 0 Å². The Morgan fingerprint density at radius 1 is 0.962 bits per heavy atom. The topological polar surface area (TPSA) is 36.9 Å². The van der Waals surface area contributed by atoms with Gasteiger partial charge in [-0.05, 0) is 57.4 Å². The molecule has 4 heteroatoms. The van der Waals surface area contributed by atoms with Crippen LogP contribution in [0.1, 0.15) is 45.7 Å². The van der Waals surface area contributed by atoms with Crippen LogP contribution in [0.25, 0.3) is 11.1 Å². The summed E-state index contributed by atoms with van der Waals surface area (Å²) in [5.74, 6) is 0. The molecule has 26 heavy (non-hydrogen) atoms. The zero-order chi connectivity index (χ0) is 19.5. The van der Waals surface area contributed by atoms with E-state index in [1.165, 1.54) is 0 Å². The third-order valence-electron chi connectivity index (χ3n) is 3.92. The van der Waals surface area contributed by atoms with Crippen LogP contribution >= 0.6 is 0 Å². The molecule has 146 valence electrons. The van der Waals surface area contributed by atoms with Gasteiger partial charge in [0, 0.05) is 7.11 Å². The minimum absolute atomic E-state index is 0.0117. The Bertz CT molecular complexity index is 579. The van der Waals surface area contributed by atoms with Gasteiger partial charge < -0.3 is 18.9 Å². The zero-order valence-electron chi connectivity index (χ0n) is 17.1. The van der Waals surface area contributed by atoms with Gasteiger partial charge in [0.1, 0.15) is 6.10 Å². The first-order valence-corrected chi connectivity index (χ1v) is 9.14. The normalized spacial score (nSPS) is 15.4. The third kappa shape index (κ3) is 8.65. The molecule has 1 aromatic carbocycles. The maximum atomic E-state index is 5.80. The summed E-state index contributed by atoms with van der Waals surface area (Å²) in [4.78, 5) is 0. The van der Waals surface area contributed by atoms with Gasteiger partial charge >= 0.3 is 0 Å². The molecule has 0 radical (unpaired) electrons. The van der Waals surface area contributed by atoms with E-state index in [1.807, 2.05) is 40.7 Å². The maximum Gasteiger partial charge on any atom is 0.118 e. The molecule has 1 rings (SSSR count). The van der Waals surface area contributed by atoms with Crippen LogP contribution in [0.2, 0.25) is 0 Å². The van der Waals surface area contributed by atoms with Gasteiger partial charge in [0.05, 0.1) is 38.3 Å². The fraction of sp³-hybridized carbons (Fsp3) is 0.545. The third-order valence-corrected chi connectivity index (χ3v) is 3.92. The van der Waals surface area contributed by atoms with Gasteiger partial charge in [-0.25, -0.2) is 0 Å². The molecule has 0 saturated carbocycles. The summed E-state index contributed by atoms with van der Waals surface area (Å²) in [6, 6.07) is 8.30. The van der Waals surface area contributed by atoms with Crippen LogP contribution in [-0.2, 0) is 18.9 Å². The van der Waals surface area contributed by atoms with Gasteiger partial charge in [0.25, 0.3) is 0 Å². The second-order valence-electron chi connectivity index (χ2n) is 6.85. The van der Waals surface area contributed by atoms with Gasteiger partial charge in [0.2, 0.25) is 0 Å². The number of hydrogen-bond acceptors (Lipinski definition) is 4. The first kappa shape index (κ1) is 22.4. The van der Waals surface area contributed by atoms with Crippen molar-refractivity contribution in [2.24, 2.45) is 0 Å². The number of benzene rings is 1. The highest BCUT2D eigenvalue weighted by atomic mass is 16.6. The number of methoxy groups -OCH3 is 1. The van der Waals surface area contributed by atoms with Gasteiger partial charge in [-0.3, -0.25) is 0 Å². The Balaban J connectivity index is 2.40. The Kier molecular flexibility index (Phi) is 10.3. The molecule has 0 saturated heterocycles. The summed E-state index contributed by atoms with van der Waals surface area (Å²) in [7, 11) is 1.67. The molecular formula is C22H34O4. The molecular weight excluding hydrogens is 328 g/mol. The standard InChI is InChI=1S/C22H34O4/c1-16(2)21-9-8-10-22(11-21)17(3)12-24-19(5)14-26-20(6)15-25-18(4)13-23-7/h8-12,18-20H,1,13-15H2,2-7H3/b17-12+. The van der Waals surface area contributed by atoms with Crippen LogP contribution in [0.15, 0.2) is 37.1 Å².